The summed E-state index contributed by atoms with van der Waals surface area (Å²) in [5, 5.41) is 13.1. The second kappa shape index (κ2) is 7.55. The third-order valence-electron chi connectivity index (χ3n) is 3.34. The lowest BCUT2D eigenvalue weighted by Crippen LogP contribution is -2.35. The standard InChI is InChI=1S/C17H16Cl2N2O3/c1-10-6-7-11(14(22)8-10)17(24)21(2)9-15(23)20-16-12(18)4-3-5-13(16)19/h3-8,22H,9H2,1-2H3,(H,20,23). The van der Waals surface area contributed by atoms with Gasteiger partial charge in [0.1, 0.15) is 5.75 Å². The monoisotopic (exact) mass is 366 g/mol. The molecule has 0 radical (unpaired) electrons. The van der Waals surface area contributed by atoms with Crippen LogP contribution in [-0.2, 0) is 4.79 Å². The molecule has 2 rings (SSSR count). The zero-order chi connectivity index (χ0) is 17.9. The number of amides is 2. The number of likely N-dealkylation sites (N-methyl/N-ethyl adjacent to an activating group) is 1. The highest BCUT2D eigenvalue weighted by molar-refractivity contribution is 6.39. The average molecular weight is 367 g/mol. The molecule has 0 aliphatic carbocycles. The Hall–Kier alpha value is -2.24. The van der Waals surface area contributed by atoms with E-state index in [1.54, 1.807) is 31.2 Å². The summed E-state index contributed by atoms with van der Waals surface area (Å²) in [5.74, 6) is -1.04. The number of phenolic OH excluding ortho intramolecular Hbond substituents is 1. The van der Waals surface area contributed by atoms with Gasteiger partial charge < -0.3 is 15.3 Å². The van der Waals surface area contributed by atoms with Gasteiger partial charge in [0.25, 0.3) is 5.91 Å². The van der Waals surface area contributed by atoms with Crippen molar-refractivity contribution in [2.24, 2.45) is 0 Å². The molecule has 0 bridgehead atoms. The van der Waals surface area contributed by atoms with Crippen LogP contribution in [-0.4, -0.2) is 35.4 Å². The lowest BCUT2D eigenvalue weighted by molar-refractivity contribution is -0.116. The molecule has 0 spiro atoms. The van der Waals surface area contributed by atoms with Crippen molar-refractivity contribution in [2.45, 2.75) is 6.92 Å². The number of hydrogen-bond acceptors (Lipinski definition) is 3. The van der Waals surface area contributed by atoms with Gasteiger partial charge in [-0.15, -0.1) is 0 Å². The van der Waals surface area contributed by atoms with Crippen molar-refractivity contribution in [3.63, 3.8) is 0 Å². The van der Waals surface area contributed by atoms with Crippen molar-refractivity contribution in [2.75, 3.05) is 18.9 Å². The molecule has 0 aliphatic rings. The van der Waals surface area contributed by atoms with Gasteiger partial charge in [-0.3, -0.25) is 9.59 Å². The Kier molecular flexibility index (Phi) is 5.70. The van der Waals surface area contributed by atoms with E-state index in [2.05, 4.69) is 5.32 Å². The van der Waals surface area contributed by atoms with Crippen LogP contribution in [0.15, 0.2) is 36.4 Å². The number of hydrogen-bond donors (Lipinski definition) is 2. The predicted molar refractivity (Wildman–Crippen MR) is 94.9 cm³/mol. The molecule has 0 fully saturated rings. The Bertz CT molecular complexity index is 773. The van der Waals surface area contributed by atoms with E-state index < -0.39 is 11.8 Å². The van der Waals surface area contributed by atoms with Gasteiger partial charge in [0, 0.05) is 7.05 Å². The summed E-state index contributed by atoms with van der Waals surface area (Å²) < 4.78 is 0. The van der Waals surface area contributed by atoms with Crippen LogP contribution in [0.25, 0.3) is 0 Å². The maximum absolute atomic E-state index is 12.3. The van der Waals surface area contributed by atoms with Gasteiger partial charge in [-0.1, -0.05) is 35.3 Å². The van der Waals surface area contributed by atoms with Crippen LogP contribution in [0.1, 0.15) is 15.9 Å². The number of anilines is 1. The number of rotatable bonds is 4. The van der Waals surface area contributed by atoms with Gasteiger partial charge in [-0.2, -0.15) is 0 Å². The average Bonchev–Trinajstić information content (AvgIpc) is 2.50. The summed E-state index contributed by atoms with van der Waals surface area (Å²) in [6.45, 7) is 1.59. The summed E-state index contributed by atoms with van der Waals surface area (Å²) in [6.07, 6.45) is 0. The summed E-state index contributed by atoms with van der Waals surface area (Å²) >= 11 is 12.0. The van der Waals surface area contributed by atoms with E-state index >= 15 is 0 Å². The molecule has 5 nitrogen and oxygen atoms in total. The summed E-state index contributed by atoms with van der Waals surface area (Å²) in [6, 6.07) is 9.59. The van der Waals surface area contributed by atoms with Crippen molar-refractivity contribution >= 4 is 40.7 Å². The van der Waals surface area contributed by atoms with Gasteiger partial charge >= 0.3 is 0 Å². The van der Waals surface area contributed by atoms with E-state index in [-0.39, 0.29) is 17.9 Å². The molecular formula is C17H16Cl2N2O3. The molecule has 0 aliphatic heterocycles. The predicted octanol–water partition coefficient (Wildman–Crippen LogP) is 3.72. The highest BCUT2D eigenvalue weighted by atomic mass is 35.5. The minimum Gasteiger partial charge on any atom is -0.507 e. The summed E-state index contributed by atoms with van der Waals surface area (Å²) in [4.78, 5) is 25.6. The molecule has 0 heterocycles. The number of nitrogens with one attached hydrogen (secondary N) is 1. The second-order valence-corrected chi connectivity index (χ2v) is 6.14. The zero-order valence-corrected chi connectivity index (χ0v) is 14.6. The molecule has 0 atom stereocenters. The van der Waals surface area contributed by atoms with Gasteiger partial charge in [0.05, 0.1) is 27.8 Å². The number of para-hydroxylation sites is 1. The van der Waals surface area contributed by atoms with Crippen LogP contribution in [0, 0.1) is 6.92 Å². The molecule has 0 saturated heterocycles. The number of benzene rings is 2. The molecule has 2 aromatic rings. The lowest BCUT2D eigenvalue weighted by Gasteiger charge is -2.18. The summed E-state index contributed by atoms with van der Waals surface area (Å²) in [7, 11) is 1.47. The first-order valence-corrected chi connectivity index (χ1v) is 7.84. The maximum atomic E-state index is 12.3. The first kappa shape index (κ1) is 18.1. The Labute approximate surface area is 149 Å². The number of aromatic hydroxyl groups is 1. The zero-order valence-electron chi connectivity index (χ0n) is 13.1. The first-order chi connectivity index (χ1) is 11.3. The third-order valence-corrected chi connectivity index (χ3v) is 3.97. The molecule has 2 N–H and O–H groups in total. The van der Waals surface area contributed by atoms with Crippen LogP contribution >= 0.6 is 23.2 Å². The molecule has 0 aromatic heterocycles. The van der Waals surface area contributed by atoms with Gasteiger partial charge in [0.15, 0.2) is 0 Å². The van der Waals surface area contributed by atoms with E-state index in [9.17, 15) is 14.7 Å². The van der Waals surface area contributed by atoms with Gasteiger partial charge in [-0.05, 0) is 36.8 Å². The largest absolute Gasteiger partial charge is 0.507 e. The molecule has 24 heavy (non-hydrogen) atoms. The molecular weight excluding hydrogens is 351 g/mol. The topological polar surface area (TPSA) is 69.6 Å². The first-order valence-electron chi connectivity index (χ1n) is 7.08. The smallest absolute Gasteiger partial charge is 0.257 e. The van der Waals surface area contributed by atoms with Crippen LogP contribution in [0.4, 0.5) is 5.69 Å². The molecule has 0 saturated carbocycles. The number of aryl methyl sites for hydroxylation is 1. The van der Waals surface area contributed by atoms with E-state index in [4.69, 9.17) is 23.2 Å². The highest BCUT2D eigenvalue weighted by Crippen LogP contribution is 2.29. The van der Waals surface area contributed by atoms with Crippen LogP contribution in [0.5, 0.6) is 5.75 Å². The van der Waals surface area contributed by atoms with E-state index in [1.807, 2.05) is 0 Å². The summed E-state index contributed by atoms with van der Waals surface area (Å²) in [5.41, 5.74) is 1.26. The second-order valence-electron chi connectivity index (χ2n) is 5.33. The highest BCUT2D eigenvalue weighted by Gasteiger charge is 2.19. The lowest BCUT2D eigenvalue weighted by atomic mass is 10.1. The van der Waals surface area contributed by atoms with Crippen LogP contribution in [0.2, 0.25) is 10.0 Å². The molecule has 2 aromatic carbocycles. The van der Waals surface area contributed by atoms with Crippen LogP contribution < -0.4 is 5.32 Å². The normalized spacial score (nSPS) is 10.3. The number of carbonyl (C=O) groups is 2. The Morgan fingerprint density at radius 2 is 1.79 bits per heavy atom. The van der Waals surface area contributed by atoms with Crippen molar-refractivity contribution in [1.82, 2.24) is 4.90 Å². The number of halogens is 2. The number of nitrogens with zero attached hydrogens (tertiary/aromatic N) is 1. The van der Waals surface area contributed by atoms with Gasteiger partial charge in [-0.25, -0.2) is 0 Å². The number of carbonyl (C=O) groups excluding carboxylic acids is 2. The van der Waals surface area contributed by atoms with Crippen molar-refractivity contribution in [1.29, 1.82) is 0 Å². The van der Waals surface area contributed by atoms with E-state index in [0.29, 0.717) is 15.7 Å². The maximum Gasteiger partial charge on any atom is 0.257 e. The SMILES string of the molecule is Cc1ccc(C(=O)N(C)CC(=O)Nc2c(Cl)cccc2Cl)c(O)c1. The molecule has 7 heteroatoms. The van der Waals surface area contributed by atoms with Crippen molar-refractivity contribution in [3.8, 4) is 5.75 Å². The van der Waals surface area contributed by atoms with Gasteiger partial charge in [0.2, 0.25) is 5.91 Å². The number of phenols is 1. The van der Waals surface area contributed by atoms with E-state index in [1.165, 1.54) is 24.1 Å². The molecule has 2 amide bonds. The van der Waals surface area contributed by atoms with Crippen molar-refractivity contribution < 1.29 is 14.7 Å². The molecule has 126 valence electrons. The fourth-order valence-corrected chi connectivity index (χ4v) is 2.60. The van der Waals surface area contributed by atoms with E-state index in [0.717, 1.165) is 5.56 Å². The molecule has 0 unspecified atom stereocenters. The fourth-order valence-electron chi connectivity index (χ4n) is 2.11. The Morgan fingerprint density at radius 3 is 2.38 bits per heavy atom. The van der Waals surface area contributed by atoms with Crippen molar-refractivity contribution in [3.05, 3.63) is 57.6 Å². The Balaban J connectivity index is 2.07. The quantitative estimate of drug-likeness (QED) is 0.866. The minimum absolute atomic E-state index is 0.124. The van der Waals surface area contributed by atoms with Crippen LogP contribution in [0.3, 0.4) is 0 Å². The Morgan fingerprint density at radius 1 is 1.17 bits per heavy atom. The third kappa shape index (κ3) is 4.19. The fraction of sp³-hybridized carbons (Fsp3) is 0.176. The minimum atomic E-state index is -0.465.